The van der Waals surface area contributed by atoms with Crippen LogP contribution in [0.2, 0.25) is 0 Å². The van der Waals surface area contributed by atoms with Crippen molar-refractivity contribution in [1.82, 2.24) is 15.3 Å². The molecule has 0 amide bonds. The van der Waals surface area contributed by atoms with Crippen LogP contribution >= 0.6 is 15.9 Å². The molecule has 0 aliphatic carbocycles. The van der Waals surface area contributed by atoms with E-state index in [-0.39, 0.29) is 11.9 Å². The van der Waals surface area contributed by atoms with Gasteiger partial charge in [0.1, 0.15) is 5.84 Å². The Bertz CT molecular complexity index is 716. The maximum Gasteiger partial charge on any atom is 0.308 e. The van der Waals surface area contributed by atoms with Crippen molar-refractivity contribution in [1.29, 1.82) is 0 Å². The van der Waals surface area contributed by atoms with Crippen LogP contribution in [-0.4, -0.2) is 49.2 Å². The van der Waals surface area contributed by atoms with Crippen LogP contribution in [0.3, 0.4) is 0 Å². The van der Waals surface area contributed by atoms with Crippen molar-refractivity contribution in [3.8, 4) is 0 Å². The molecule has 1 N–H and O–H groups in total. The quantitative estimate of drug-likeness (QED) is 0.279. The maximum absolute atomic E-state index is 11.7. The third kappa shape index (κ3) is 8.63. The Morgan fingerprint density at radius 1 is 1.56 bits per heavy atom. The van der Waals surface area contributed by atoms with Crippen LogP contribution in [0.25, 0.3) is 0 Å². The fourth-order valence-corrected chi connectivity index (χ4v) is 2.21. The zero-order chi connectivity index (χ0) is 20.2. The minimum Gasteiger partial charge on any atom is -0.469 e. The van der Waals surface area contributed by atoms with Crippen LogP contribution < -0.4 is 5.32 Å². The van der Waals surface area contributed by atoms with Gasteiger partial charge in [-0.05, 0) is 27.6 Å². The summed E-state index contributed by atoms with van der Waals surface area (Å²) in [4.78, 5) is 20.5. The fourth-order valence-electron chi connectivity index (χ4n) is 2.12. The highest BCUT2D eigenvalue weighted by Crippen LogP contribution is 2.12. The van der Waals surface area contributed by atoms with Gasteiger partial charge in [-0.25, -0.2) is 0 Å². The summed E-state index contributed by atoms with van der Waals surface area (Å²) in [5.74, 6) is 0.0987. The molecule has 0 unspecified atom stereocenters. The maximum atomic E-state index is 11.7. The van der Waals surface area contributed by atoms with Crippen molar-refractivity contribution < 1.29 is 9.53 Å². The summed E-state index contributed by atoms with van der Waals surface area (Å²) in [7, 11) is 4.98. The lowest BCUT2D eigenvalue weighted by molar-refractivity contribution is -0.144. The van der Waals surface area contributed by atoms with Crippen molar-refractivity contribution >= 4 is 33.9 Å². The van der Waals surface area contributed by atoms with Crippen molar-refractivity contribution in [2.75, 3.05) is 21.2 Å². The van der Waals surface area contributed by atoms with E-state index in [9.17, 15) is 4.79 Å². The highest BCUT2D eigenvalue weighted by atomic mass is 79.9. The minimum absolute atomic E-state index is 0.257. The van der Waals surface area contributed by atoms with Crippen molar-refractivity contribution in [3.63, 3.8) is 0 Å². The highest BCUT2D eigenvalue weighted by molar-refractivity contribution is 9.12. The summed E-state index contributed by atoms with van der Waals surface area (Å²) in [6.45, 7) is 6.01. The van der Waals surface area contributed by atoms with E-state index >= 15 is 0 Å². The summed E-state index contributed by atoms with van der Waals surface area (Å²) in [6, 6.07) is 3.83. The second-order valence-corrected chi connectivity index (χ2v) is 6.82. The first-order valence-corrected chi connectivity index (χ1v) is 9.18. The largest absolute Gasteiger partial charge is 0.469 e. The van der Waals surface area contributed by atoms with Gasteiger partial charge in [0.05, 0.1) is 25.8 Å². The number of ether oxygens (including phenoxy) is 1. The summed E-state index contributed by atoms with van der Waals surface area (Å²) >= 11 is 3.25. The number of hydrogen-bond acceptors (Lipinski definition) is 6. The number of halogens is 1. The van der Waals surface area contributed by atoms with Gasteiger partial charge in [-0.1, -0.05) is 19.6 Å². The molecular formula is C19H26BrN5O2. The van der Waals surface area contributed by atoms with Crippen molar-refractivity contribution in [2.24, 2.45) is 16.0 Å². The van der Waals surface area contributed by atoms with Crippen molar-refractivity contribution in [2.45, 2.75) is 19.9 Å². The molecule has 0 aliphatic heterocycles. The Morgan fingerprint density at radius 2 is 2.30 bits per heavy atom. The van der Waals surface area contributed by atoms with E-state index in [1.807, 2.05) is 25.1 Å². The van der Waals surface area contributed by atoms with Gasteiger partial charge in [0.2, 0.25) is 0 Å². The molecule has 27 heavy (non-hydrogen) atoms. The molecule has 1 aromatic rings. The Kier molecular flexibility index (Phi) is 10.0. The van der Waals surface area contributed by atoms with Crippen LogP contribution in [0.15, 0.2) is 57.5 Å². The zero-order valence-electron chi connectivity index (χ0n) is 16.1. The van der Waals surface area contributed by atoms with Crippen molar-refractivity contribution in [3.05, 3.63) is 52.9 Å². The third-order valence-corrected chi connectivity index (χ3v) is 3.81. The van der Waals surface area contributed by atoms with E-state index in [4.69, 9.17) is 4.74 Å². The van der Waals surface area contributed by atoms with Gasteiger partial charge in [-0.2, -0.15) is 5.10 Å². The SMILES string of the molecule is C=C(Br)/C=N\N(C)C(C=C(C[C@H](C)C(=O)OC)NC)=NCc1cccnc1. The van der Waals surface area contributed by atoms with Gasteiger partial charge < -0.3 is 10.1 Å². The first-order valence-electron chi connectivity index (χ1n) is 8.39. The second-order valence-electron chi connectivity index (χ2n) is 5.80. The first kappa shape index (κ1) is 22.6. The zero-order valence-corrected chi connectivity index (χ0v) is 17.7. The number of esters is 1. The molecule has 0 bridgehead atoms. The molecule has 0 spiro atoms. The number of nitrogens with zero attached hydrogens (tertiary/aromatic N) is 4. The summed E-state index contributed by atoms with van der Waals surface area (Å²) in [5.41, 5.74) is 1.83. The van der Waals surface area contributed by atoms with Gasteiger partial charge in [0, 0.05) is 49.2 Å². The number of hydrogen-bond donors (Lipinski definition) is 1. The third-order valence-electron chi connectivity index (χ3n) is 3.60. The van der Waals surface area contributed by atoms with E-state index in [0.29, 0.717) is 23.3 Å². The number of aromatic nitrogens is 1. The van der Waals surface area contributed by atoms with Crippen LogP contribution in [0.1, 0.15) is 18.9 Å². The summed E-state index contributed by atoms with van der Waals surface area (Å²) in [5, 5.41) is 9.06. The number of methoxy groups -OCH3 is 1. The molecule has 8 heteroatoms. The van der Waals surface area contributed by atoms with E-state index in [2.05, 4.69) is 42.9 Å². The summed E-state index contributed by atoms with van der Waals surface area (Å²) in [6.07, 6.45) is 7.44. The number of aliphatic imine (C=N–C) groups is 1. The van der Waals surface area contributed by atoms with Gasteiger partial charge in [0.15, 0.2) is 0 Å². The number of hydrazone groups is 1. The smallest absolute Gasteiger partial charge is 0.308 e. The van der Waals surface area contributed by atoms with Crippen LogP contribution in [-0.2, 0) is 16.1 Å². The number of allylic oxidation sites excluding steroid dienone is 2. The average molecular weight is 436 g/mol. The van der Waals surface area contributed by atoms with E-state index < -0.39 is 0 Å². The number of carbonyl (C=O) groups excluding carboxylic acids is 1. The average Bonchev–Trinajstić information content (AvgIpc) is 2.68. The lowest BCUT2D eigenvalue weighted by Crippen LogP contribution is -2.23. The van der Waals surface area contributed by atoms with E-state index in [1.54, 1.807) is 37.7 Å². The fraction of sp³-hybridized carbons (Fsp3) is 0.368. The molecule has 0 saturated heterocycles. The highest BCUT2D eigenvalue weighted by Gasteiger charge is 2.15. The monoisotopic (exact) mass is 435 g/mol. The van der Waals surface area contributed by atoms with E-state index in [1.165, 1.54) is 7.11 Å². The number of likely N-dealkylation sites (N-methyl/N-ethyl adjacent to an activating group) is 1. The Morgan fingerprint density at radius 3 is 2.85 bits per heavy atom. The molecule has 1 aromatic heterocycles. The topological polar surface area (TPSA) is 79.2 Å². The van der Waals surface area contributed by atoms with E-state index in [0.717, 1.165) is 11.3 Å². The van der Waals surface area contributed by atoms with Gasteiger partial charge in [0.25, 0.3) is 0 Å². The Balaban J connectivity index is 3.09. The van der Waals surface area contributed by atoms with Gasteiger partial charge >= 0.3 is 5.97 Å². The number of nitrogens with one attached hydrogen (secondary N) is 1. The first-order chi connectivity index (χ1) is 12.9. The van der Waals surface area contributed by atoms with Gasteiger partial charge in [-0.15, -0.1) is 0 Å². The standard InChI is InChI=1S/C19H26BrN5O2/c1-14(19(26)27-5)9-17(21-3)10-18(25(4)24-11-15(2)20)23-13-16-7-6-8-22-12-16/h6-8,10-12,14,21H,2,9,13H2,1,3-5H3/b17-10?,23-18?,24-11-/t14-/m0/s1. The number of amidine groups is 1. The van der Waals surface area contributed by atoms with Crippen LogP contribution in [0, 0.1) is 5.92 Å². The molecule has 1 rings (SSSR count). The molecule has 0 aliphatic rings. The molecule has 0 aromatic carbocycles. The van der Waals surface area contributed by atoms with Crippen LogP contribution in [0.4, 0.5) is 0 Å². The second kappa shape index (κ2) is 12.0. The Hall–Kier alpha value is -2.48. The normalized spacial score (nSPS) is 13.4. The lowest BCUT2D eigenvalue weighted by Gasteiger charge is -2.17. The predicted molar refractivity (Wildman–Crippen MR) is 113 cm³/mol. The molecule has 0 saturated carbocycles. The predicted octanol–water partition coefficient (Wildman–Crippen LogP) is 3.11. The molecule has 146 valence electrons. The lowest BCUT2D eigenvalue weighted by atomic mass is 10.1. The molecular weight excluding hydrogens is 410 g/mol. The number of rotatable bonds is 9. The molecule has 7 nitrogen and oxygen atoms in total. The molecule has 1 atom stereocenters. The molecule has 0 fully saturated rings. The molecule has 1 heterocycles. The summed E-state index contributed by atoms with van der Waals surface area (Å²) < 4.78 is 5.45. The Labute approximate surface area is 169 Å². The number of pyridine rings is 1. The minimum atomic E-state index is -0.274. The number of carbonyl (C=O) groups is 1. The van der Waals surface area contributed by atoms with Crippen LogP contribution in [0.5, 0.6) is 0 Å². The molecule has 0 radical (unpaired) electrons. The van der Waals surface area contributed by atoms with Gasteiger partial charge in [-0.3, -0.25) is 19.8 Å².